The second kappa shape index (κ2) is 7.88. The predicted molar refractivity (Wildman–Crippen MR) is 112 cm³/mol. The van der Waals surface area contributed by atoms with Gasteiger partial charge in [0, 0.05) is 6.20 Å². The van der Waals surface area contributed by atoms with Gasteiger partial charge in [0.2, 0.25) is 0 Å². The first-order chi connectivity index (χ1) is 13.8. The SMILES string of the molecule is CCOc1ccc(-n2c(/C=C/c3ccccn3)nc3ccccc3c2=O)cc1. The Kier molecular flexibility index (Phi) is 4.97. The lowest BCUT2D eigenvalue weighted by molar-refractivity contribution is 0.340. The minimum absolute atomic E-state index is 0.115. The third kappa shape index (κ3) is 3.55. The van der Waals surface area contributed by atoms with E-state index in [1.54, 1.807) is 16.8 Å². The zero-order chi connectivity index (χ0) is 19.3. The Morgan fingerprint density at radius 3 is 2.50 bits per heavy atom. The van der Waals surface area contributed by atoms with Gasteiger partial charge in [0.05, 0.1) is 28.9 Å². The van der Waals surface area contributed by atoms with Crippen LogP contribution in [0.15, 0.2) is 77.7 Å². The van der Waals surface area contributed by atoms with Crippen LogP contribution in [0.3, 0.4) is 0 Å². The molecular formula is C23H19N3O2. The Labute approximate surface area is 162 Å². The van der Waals surface area contributed by atoms with E-state index in [1.807, 2.05) is 79.7 Å². The van der Waals surface area contributed by atoms with Gasteiger partial charge in [0.15, 0.2) is 0 Å². The van der Waals surface area contributed by atoms with Crippen molar-refractivity contribution in [1.29, 1.82) is 0 Å². The predicted octanol–water partition coefficient (Wildman–Crippen LogP) is 4.35. The minimum Gasteiger partial charge on any atom is -0.494 e. The summed E-state index contributed by atoms with van der Waals surface area (Å²) in [6.45, 7) is 2.53. The lowest BCUT2D eigenvalue weighted by Crippen LogP contribution is -2.22. The topological polar surface area (TPSA) is 57.0 Å². The molecular weight excluding hydrogens is 350 g/mol. The molecule has 0 atom stereocenters. The third-order valence-electron chi connectivity index (χ3n) is 4.30. The summed E-state index contributed by atoms with van der Waals surface area (Å²) in [7, 11) is 0. The zero-order valence-electron chi connectivity index (χ0n) is 15.4. The molecule has 2 aromatic carbocycles. The van der Waals surface area contributed by atoms with E-state index in [0.717, 1.165) is 17.1 Å². The lowest BCUT2D eigenvalue weighted by Gasteiger charge is -2.12. The number of rotatable bonds is 5. The number of pyridine rings is 1. The molecule has 0 unspecified atom stereocenters. The van der Waals surface area contributed by atoms with Gasteiger partial charge in [-0.1, -0.05) is 18.2 Å². The van der Waals surface area contributed by atoms with Crippen LogP contribution < -0.4 is 10.3 Å². The number of ether oxygens (including phenoxy) is 1. The van der Waals surface area contributed by atoms with Gasteiger partial charge in [-0.3, -0.25) is 14.3 Å². The Morgan fingerprint density at radius 1 is 0.964 bits per heavy atom. The first kappa shape index (κ1) is 17.7. The summed E-state index contributed by atoms with van der Waals surface area (Å²) < 4.78 is 7.12. The fraction of sp³-hybridized carbons (Fsp3) is 0.0870. The van der Waals surface area contributed by atoms with Crippen LogP contribution in [0.5, 0.6) is 5.75 Å². The van der Waals surface area contributed by atoms with Crippen LogP contribution in [0.2, 0.25) is 0 Å². The Morgan fingerprint density at radius 2 is 1.75 bits per heavy atom. The molecule has 4 aromatic rings. The van der Waals surface area contributed by atoms with Crippen molar-refractivity contribution in [3.05, 3.63) is 94.8 Å². The molecule has 0 bridgehead atoms. The highest BCUT2D eigenvalue weighted by molar-refractivity contribution is 5.79. The van der Waals surface area contributed by atoms with Crippen molar-refractivity contribution >= 4 is 23.1 Å². The summed E-state index contributed by atoms with van der Waals surface area (Å²) in [6.07, 6.45) is 5.39. The van der Waals surface area contributed by atoms with E-state index in [1.165, 1.54) is 0 Å². The standard InChI is InChI=1S/C23H19N3O2/c1-2-28-19-13-11-18(12-14-19)26-22(15-10-17-7-5-6-16-24-17)25-21-9-4-3-8-20(21)23(26)27/h3-16H,2H2,1H3/b15-10+. The minimum atomic E-state index is -0.115. The molecule has 28 heavy (non-hydrogen) atoms. The lowest BCUT2D eigenvalue weighted by atomic mass is 10.2. The van der Waals surface area contributed by atoms with Crippen molar-refractivity contribution in [3.63, 3.8) is 0 Å². The average molecular weight is 369 g/mol. The summed E-state index contributed by atoms with van der Waals surface area (Å²) in [4.78, 5) is 22.2. The number of fused-ring (bicyclic) bond motifs is 1. The molecule has 5 heteroatoms. The largest absolute Gasteiger partial charge is 0.494 e. The van der Waals surface area contributed by atoms with Crippen LogP contribution >= 0.6 is 0 Å². The Hall–Kier alpha value is -3.73. The number of hydrogen-bond donors (Lipinski definition) is 0. The smallest absolute Gasteiger partial charge is 0.266 e. The molecule has 0 N–H and O–H groups in total. The Balaban J connectivity index is 1.88. The fourth-order valence-corrected chi connectivity index (χ4v) is 3.00. The van der Waals surface area contributed by atoms with Crippen molar-refractivity contribution < 1.29 is 4.74 Å². The normalized spacial score (nSPS) is 11.2. The van der Waals surface area contributed by atoms with E-state index in [2.05, 4.69) is 4.98 Å². The molecule has 0 aliphatic rings. The molecule has 0 aliphatic heterocycles. The molecule has 0 fully saturated rings. The number of aromatic nitrogens is 3. The summed E-state index contributed by atoms with van der Waals surface area (Å²) in [6, 6.07) is 20.5. The van der Waals surface area contributed by atoms with E-state index >= 15 is 0 Å². The van der Waals surface area contributed by atoms with Crippen molar-refractivity contribution in [2.75, 3.05) is 6.61 Å². The summed E-state index contributed by atoms with van der Waals surface area (Å²) in [5.41, 5.74) is 2.07. The number of benzene rings is 2. The molecule has 2 heterocycles. The molecule has 0 radical (unpaired) electrons. The maximum atomic E-state index is 13.2. The fourth-order valence-electron chi connectivity index (χ4n) is 3.00. The highest BCUT2D eigenvalue weighted by atomic mass is 16.5. The average Bonchev–Trinajstić information content (AvgIpc) is 2.74. The van der Waals surface area contributed by atoms with Crippen molar-refractivity contribution in [2.45, 2.75) is 6.92 Å². The van der Waals surface area contributed by atoms with Crippen LogP contribution in [0.25, 0.3) is 28.7 Å². The quantitative estimate of drug-likeness (QED) is 0.525. The second-order valence-corrected chi connectivity index (χ2v) is 6.14. The van der Waals surface area contributed by atoms with Gasteiger partial charge in [-0.15, -0.1) is 0 Å². The molecule has 138 valence electrons. The molecule has 0 saturated heterocycles. The van der Waals surface area contributed by atoms with E-state index in [9.17, 15) is 4.79 Å². The first-order valence-electron chi connectivity index (χ1n) is 9.10. The number of nitrogens with zero attached hydrogens (tertiary/aromatic N) is 3. The van der Waals surface area contributed by atoms with E-state index < -0.39 is 0 Å². The summed E-state index contributed by atoms with van der Waals surface area (Å²) in [5, 5.41) is 0.575. The van der Waals surface area contributed by atoms with Gasteiger partial charge in [0.1, 0.15) is 11.6 Å². The van der Waals surface area contributed by atoms with Gasteiger partial charge in [0.25, 0.3) is 5.56 Å². The summed E-state index contributed by atoms with van der Waals surface area (Å²) in [5.74, 6) is 1.30. The third-order valence-corrected chi connectivity index (χ3v) is 4.30. The van der Waals surface area contributed by atoms with Crippen LogP contribution in [-0.4, -0.2) is 21.1 Å². The van der Waals surface area contributed by atoms with Crippen molar-refractivity contribution in [3.8, 4) is 11.4 Å². The maximum absolute atomic E-state index is 13.2. The molecule has 0 aliphatic carbocycles. The highest BCUT2D eigenvalue weighted by Gasteiger charge is 2.11. The molecule has 5 nitrogen and oxygen atoms in total. The van der Waals surface area contributed by atoms with Crippen LogP contribution in [0.4, 0.5) is 0 Å². The van der Waals surface area contributed by atoms with Crippen LogP contribution in [0.1, 0.15) is 18.4 Å². The van der Waals surface area contributed by atoms with Crippen molar-refractivity contribution in [1.82, 2.24) is 14.5 Å². The first-order valence-corrected chi connectivity index (χ1v) is 9.10. The Bertz CT molecular complexity index is 1180. The number of hydrogen-bond acceptors (Lipinski definition) is 4. The van der Waals surface area contributed by atoms with Crippen LogP contribution in [0, 0.1) is 0 Å². The van der Waals surface area contributed by atoms with Gasteiger partial charge >= 0.3 is 0 Å². The second-order valence-electron chi connectivity index (χ2n) is 6.14. The molecule has 0 spiro atoms. The summed E-state index contributed by atoms with van der Waals surface area (Å²) >= 11 is 0. The van der Waals surface area contributed by atoms with Crippen LogP contribution in [-0.2, 0) is 0 Å². The van der Waals surface area contributed by atoms with E-state index in [4.69, 9.17) is 9.72 Å². The highest BCUT2D eigenvalue weighted by Crippen LogP contribution is 2.18. The molecule has 2 aromatic heterocycles. The maximum Gasteiger partial charge on any atom is 0.266 e. The van der Waals surface area contributed by atoms with E-state index in [-0.39, 0.29) is 5.56 Å². The van der Waals surface area contributed by atoms with Crippen molar-refractivity contribution in [2.24, 2.45) is 0 Å². The molecule has 4 rings (SSSR count). The molecule has 0 amide bonds. The van der Waals surface area contributed by atoms with Gasteiger partial charge in [-0.25, -0.2) is 4.98 Å². The molecule has 0 saturated carbocycles. The number of para-hydroxylation sites is 1. The van der Waals surface area contributed by atoms with Gasteiger partial charge in [-0.2, -0.15) is 0 Å². The van der Waals surface area contributed by atoms with E-state index in [0.29, 0.717) is 23.3 Å². The zero-order valence-corrected chi connectivity index (χ0v) is 15.4. The van der Waals surface area contributed by atoms with Gasteiger partial charge in [-0.05, 0) is 67.6 Å². The van der Waals surface area contributed by atoms with Gasteiger partial charge < -0.3 is 4.74 Å². The monoisotopic (exact) mass is 369 g/mol.